The Kier molecular flexibility index (Phi) is 4.79. The summed E-state index contributed by atoms with van der Waals surface area (Å²) in [6, 6.07) is 14.6. The molecule has 0 unspecified atom stereocenters. The Bertz CT molecular complexity index is 899. The van der Waals surface area contributed by atoms with Crippen LogP contribution in [0, 0.1) is 6.92 Å². The lowest BCUT2D eigenvalue weighted by atomic mass is 10.2. The van der Waals surface area contributed by atoms with Crippen molar-refractivity contribution >= 4 is 28.5 Å². The van der Waals surface area contributed by atoms with E-state index in [2.05, 4.69) is 10.5 Å². The third-order valence-corrected chi connectivity index (χ3v) is 3.76. The molecule has 25 heavy (non-hydrogen) atoms. The molecule has 0 spiro atoms. The molecule has 1 amide bonds. The van der Waals surface area contributed by atoms with Crippen LogP contribution in [0.25, 0.3) is 11.0 Å². The molecular formula is C19H18N2O4. The summed E-state index contributed by atoms with van der Waals surface area (Å²) < 4.78 is 10.4. The molecule has 0 aliphatic carbocycles. The van der Waals surface area contributed by atoms with Gasteiger partial charge in [-0.2, -0.15) is 0 Å². The first-order chi connectivity index (χ1) is 12.0. The molecule has 0 saturated carbocycles. The summed E-state index contributed by atoms with van der Waals surface area (Å²) in [6.07, 6.45) is -0.967. The van der Waals surface area contributed by atoms with E-state index < -0.39 is 12.1 Å². The Hall–Kier alpha value is -3.15. The van der Waals surface area contributed by atoms with Crippen molar-refractivity contribution in [1.29, 1.82) is 0 Å². The highest BCUT2D eigenvalue weighted by atomic mass is 16.5. The third-order valence-electron chi connectivity index (χ3n) is 3.76. The van der Waals surface area contributed by atoms with E-state index in [4.69, 9.17) is 9.26 Å². The van der Waals surface area contributed by atoms with Gasteiger partial charge in [0.15, 0.2) is 11.7 Å². The Morgan fingerprint density at radius 1 is 1.16 bits per heavy atom. The molecule has 3 aromatic rings. The Labute approximate surface area is 144 Å². The zero-order chi connectivity index (χ0) is 17.8. The highest BCUT2D eigenvalue weighted by Gasteiger charge is 2.20. The lowest BCUT2D eigenvalue weighted by Gasteiger charge is -2.13. The quantitative estimate of drug-likeness (QED) is 0.722. The second kappa shape index (κ2) is 7.17. The van der Waals surface area contributed by atoms with E-state index in [0.717, 1.165) is 10.9 Å². The van der Waals surface area contributed by atoms with Gasteiger partial charge in [-0.3, -0.25) is 9.59 Å². The van der Waals surface area contributed by atoms with Crippen LogP contribution >= 0.6 is 0 Å². The van der Waals surface area contributed by atoms with Crippen LogP contribution < -0.4 is 5.32 Å². The summed E-state index contributed by atoms with van der Waals surface area (Å²) in [6.45, 7) is 3.49. The molecular weight excluding hydrogens is 320 g/mol. The lowest BCUT2D eigenvalue weighted by Crippen LogP contribution is -2.30. The molecule has 1 atom stereocenters. The highest BCUT2D eigenvalue weighted by molar-refractivity contribution is 5.95. The maximum Gasteiger partial charge on any atom is 0.312 e. The highest BCUT2D eigenvalue weighted by Crippen LogP contribution is 2.18. The summed E-state index contributed by atoms with van der Waals surface area (Å²) in [7, 11) is 0. The van der Waals surface area contributed by atoms with Crippen LogP contribution in [0.15, 0.2) is 53.1 Å². The zero-order valence-electron chi connectivity index (χ0n) is 14.0. The summed E-state index contributed by atoms with van der Waals surface area (Å²) >= 11 is 0. The number of carbonyl (C=O) groups excluding carboxylic acids is 2. The number of aromatic nitrogens is 1. The van der Waals surface area contributed by atoms with Gasteiger partial charge in [0.1, 0.15) is 5.69 Å². The first kappa shape index (κ1) is 16.7. The van der Waals surface area contributed by atoms with Gasteiger partial charge in [-0.05, 0) is 38.1 Å². The second-order valence-corrected chi connectivity index (χ2v) is 5.79. The molecule has 0 aliphatic rings. The number of aryl methyl sites for hydroxylation is 1. The molecule has 0 saturated heterocycles. The van der Waals surface area contributed by atoms with Crippen LogP contribution in [0.3, 0.4) is 0 Å². The van der Waals surface area contributed by atoms with E-state index in [-0.39, 0.29) is 12.3 Å². The molecule has 0 aliphatic heterocycles. The predicted octanol–water partition coefficient (Wildman–Crippen LogP) is 3.25. The van der Waals surface area contributed by atoms with Crippen molar-refractivity contribution in [3.8, 4) is 0 Å². The van der Waals surface area contributed by atoms with Crippen molar-refractivity contribution in [3.05, 3.63) is 59.8 Å². The molecule has 3 rings (SSSR count). The van der Waals surface area contributed by atoms with Crippen molar-refractivity contribution in [3.63, 3.8) is 0 Å². The fourth-order valence-electron chi connectivity index (χ4n) is 2.38. The molecule has 128 valence electrons. The Balaban J connectivity index is 1.58. The van der Waals surface area contributed by atoms with Crippen molar-refractivity contribution in [2.75, 3.05) is 5.32 Å². The van der Waals surface area contributed by atoms with Crippen molar-refractivity contribution in [2.24, 2.45) is 0 Å². The SMILES string of the molecule is Cc1ccc(NC(=O)[C@H](C)OC(=O)Cc2noc3ccccc23)cc1. The van der Waals surface area contributed by atoms with Crippen LogP contribution in [-0.4, -0.2) is 23.1 Å². The number of nitrogens with one attached hydrogen (secondary N) is 1. The van der Waals surface area contributed by atoms with Gasteiger partial charge in [0.05, 0.1) is 6.42 Å². The molecule has 6 heteroatoms. The number of para-hydroxylation sites is 1. The van der Waals surface area contributed by atoms with Crippen LogP contribution in [-0.2, 0) is 20.7 Å². The van der Waals surface area contributed by atoms with Crippen molar-refractivity contribution in [2.45, 2.75) is 26.4 Å². The number of ether oxygens (including phenoxy) is 1. The van der Waals surface area contributed by atoms with E-state index in [1.54, 1.807) is 18.2 Å². The van der Waals surface area contributed by atoms with Crippen LogP contribution in [0.4, 0.5) is 5.69 Å². The van der Waals surface area contributed by atoms with Crippen molar-refractivity contribution in [1.82, 2.24) is 5.16 Å². The molecule has 1 aromatic heterocycles. The number of hydrogen-bond donors (Lipinski definition) is 1. The van der Waals surface area contributed by atoms with E-state index in [9.17, 15) is 9.59 Å². The summed E-state index contributed by atoms with van der Waals surface area (Å²) in [4.78, 5) is 24.2. The number of hydrogen-bond acceptors (Lipinski definition) is 5. The lowest BCUT2D eigenvalue weighted by molar-refractivity contribution is -0.152. The van der Waals surface area contributed by atoms with E-state index in [0.29, 0.717) is 17.0 Å². The number of esters is 1. The molecule has 6 nitrogen and oxygen atoms in total. The first-order valence-corrected chi connectivity index (χ1v) is 7.93. The van der Waals surface area contributed by atoms with Gasteiger partial charge in [-0.25, -0.2) is 0 Å². The largest absolute Gasteiger partial charge is 0.452 e. The van der Waals surface area contributed by atoms with E-state index in [1.807, 2.05) is 37.3 Å². The summed E-state index contributed by atoms with van der Waals surface area (Å²) in [5.41, 5.74) is 2.85. The maximum absolute atomic E-state index is 12.1. The Morgan fingerprint density at radius 3 is 2.64 bits per heavy atom. The van der Waals surface area contributed by atoms with Crippen molar-refractivity contribution < 1.29 is 18.8 Å². The molecule has 0 radical (unpaired) electrons. The monoisotopic (exact) mass is 338 g/mol. The van der Waals surface area contributed by atoms with Gasteiger partial charge in [-0.1, -0.05) is 35.0 Å². The second-order valence-electron chi connectivity index (χ2n) is 5.79. The fraction of sp³-hybridized carbons (Fsp3) is 0.211. The zero-order valence-corrected chi connectivity index (χ0v) is 14.0. The Morgan fingerprint density at radius 2 is 1.88 bits per heavy atom. The molecule has 2 aromatic carbocycles. The molecule has 1 N–H and O–H groups in total. The number of fused-ring (bicyclic) bond motifs is 1. The summed E-state index contributed by atoms with van der Waals surface area (Å²) in [5, 5.41) is 7.36. The topological polar surface area (TPSA) is 81.4 Å². The van der Waals surface area contributed by atoms with Gasteiger partial charge >= 0.3 is 5.97 Å². The minimum absolute atomic E-state index is 0.0564. The predicted molar refractivity (Wildman–Crippen MR) is 93.1 cm³/mol. The van der Waals surface area contributed by atoms with Gasteiger partial charge in [-0.15, -0.1) is 0 Å². The fourth-order valence-corrected chi connectivity index (χ4v) is 2.38. The van der Waals surface area contributed by atoms with Gasteiger partial charge in [0, 0.05) is 11.1 Å². The normalized spacial score (nSPS) is 11.9. The average molecular weight is 338 g/mol. The van der Waals surface area contributed by atoms with E-state index in [1.165, 1.54) is 6.92 Å². The molecule has 1 heterocycles. The smallest absolute Gasteiger partial charge is 0.312 e. The van der Waals surface area contributed by atoms with Gasteiger partial charge in [0.25, 0.3) is 5.91 Å². The number of carbonyl (C=O) groups is 2. The van der Waals surface area contributed by atoms with E-state index >= 15 is 0 Å². The minimum atomic E-state index is -0.910. The van der Waals surface area contributed by atoms with Gasteiger partial charge in [0.2, 0.25) is 0 Å². The standard InChI is InChI=1S/C19H18N2O4/c1-12-7-9-14(10-8-12)20-19(23)13(2)24-18(22)11-16-15-5-3-4-6-17(15)25-21-16/h3-10,13H,11H2,1-2H3,(H,20,23)/t13-/m0/s1. The number of rotatable bonds is 5. The van der Waals surface area contributed by atoms with Crippen LogP contribution in [0.2, 0.25) is 0 Å². The molecule has 0 fully saturated rings. The van der Waals surface area contributed by atoms with Crippen LogP contribution in [0.1, 0.15) is 18.2 Å². The third kappa shape index (κ3) is 4.03. The number of benzene rings is 2. The minimum Gasteiger partial charge on any atom is -0.452 e. The average Bonchev–Trinajstić information content (AvgIpc) is 3.00. The first-order valence-electron chi connectivity index (χ1n) is 7.93. The number of anilines is 1. The van der Waals surface area contributed by atoms with Crippen LogP contribution in [0.5, 0.6) is 0 Å². The maximum atomic E-state index is 12.1. The molecule has 0 bridgehead atoms. The summed E-state index contributed by atoms with van der Waals surface area (Å²) in [5.74, 6) is -0.923. The number of amides is 1. The number of nitrogens with zero attached hydrogens (tertiary/aromatic N) is 1. The van der Waals surface area contributed by atoms with Gasteiger partial charge < -0.3 is 14.6 Å².